The highest BCUT2D eigenvalue weighted by Crippen LogP contribution is 2.08. The van der Waals surface area contributed by atoms with Crippen molar-refractivity contribution in [1.82, 2.24) is 9.80 Å². The summed E-state index contributed by atoms with van der Waals surface area (Å²) in [6.07, 6.45) is -0.262. The molecule has 5 nitrogen and oxygen atoms in total. The molecule has 1 fully saturated rings. The molecule has 114 valence electrons. The van der Waals surface area contributed by atoms with Gasteiger partial charge in [-0.05, 0) is 19.9 Å². The molecule has 0 spiro atoms. The van der Waals surface area contributed by atoms with E-state index in [-0.39, 0.29) is 11.9 Å². The van der Waals surface area contributed by atoms with Gasteiger partial charge in [0.15, 0.2) is 5.78 Å². The van der Waals surface area contributed by atoms with Crippen molar-refractivity contribution in [1.29, 1.82) is 0 Å². The molecule has 2 rings (SSSR count). The summed E-state index contributed by atoms with van der Waals surface area (Å²) in [6, 6.07) is 7.65. The molecule has 0 aliphatic carbocycles. The lowest BCUT2D eigenvalue weighted by Gasteiger charge is -2.33. The Morgan fingerprint density at radius 3 is 2.52 bits per heavy atom. The van der Waals surface area contributed by atoms with Crippen molar-refractivity contribution in [3.63, 3.8) is 0 Å². The maximum Gasteiger partial charge on any atom is 0.409 e. The third kappa shape index (κ3) is 4.29. The molecule has 0 atom stereocenters. The van der Waals surface area contributed by atoms with E-state index in [1.54, 1.807) is 11.8 Å². The van der Waals surface area contributed by atoms with Gasteiger partial charge in [-0.15, -0.1) is 0 Å². The molecule has 1 aliphatic rings. The number of aryl methyl sites for hydroxylation is 1. The van der Waals surface area contributed by atoms with Gasteiger partial charge in [-0.25, -0.2) is 4.79 Å². The second-order valence-electron chi connectivity index (χ2n) is 5.25. The summed E-state index contributed by atoms with van der Waals surface area (Å²) in [7, 11) is 0. The number of piperazine rings is 1. The van der Waals surface area contributed by atoms with Crippen molar-refractivity contribution in [2.75, 3.05) is 39.3 Å². The summed E-state index contributed by atoms with van der Waals surface area (Å²) in [5, 5.41) is 0. The van der Waals surface area contributed by atoms with Crippen LogP contribution in [-0.2, 0) is 4.74 Å². The third-order valence-electron chi connectivity index (χ3n) is 3.61. The Labute approximate surface area is 125 Å². The first-order chi connectivity index (χ1) is 10.1. The Balaban J connectivity index is 1.83. The van der Waals surface area contributed by atoms with Crippen LogP contribution in [0.1, 0.15) is 22.8 Å². The van der Waals surface area contributed by atoms with E-state index < -0.39 is 0 Å². The van der Waals surface area contributed by atoms with Gasteiger partial charge in [-0.1, -0.05) is 23.8 Å². The van der Waals surface area contributed by atoms with E-state index in [1.165, 1.54) is 0 Å². The molecule has 1 aromatic carbocycles. The number of carbonyl (C=O) groups excluding carboxylic acids is 2. The predicted octanol–water partition coefficient (Wildman–Crippen LogP) is 1.95. The normalized spacial score (nSPS) is 15.8. The summed E-state index contributed by atoms with van der Waals surface area (Å²) >= 11 is 0. The van der Waals surface area contributed by atoms with Crippen molar-refractivity contribution in [2.24, 2.45) is 0 Å². The molecule has 1 aliphatic heterocycles. The van der Waals surface area contributed by atoms with E-state index in [4.69, 9.17) is 4.74 Å². The fourth-order valence-electron chi connectivity index (χ4n) is 2.42. The van der Waals surface area contributed by atoms with E-state index in [0.717, 1.165) is 11.1 Å². The number of hydrogen-bond donors (Lipinski definition) is 0. The summed E-state index contributed by atoms with van der Waals surface area (Å²) in [6.45, 7) is 7.21. The van der Waals surface area contributed by atoms with Crippen LogP contribution in [0.4, 0.5) is 4.79 Å². The molecular weight excluding hydrogens is 268 g/mol. The number of benzene rings is 1. The molecule has 21 heavy (non-hydrogen) atoms. The minimum absolute atomic E-state index is 0.128. The van der Waals surface area contributed by atoms with E-state index >= 15 is 0 Å². The highest BCUT2D eigenvalue weighted by Gasteiger charge is 2.23. The van der Waals surface area contributed by atoms with Gasteiger partial charge in [0.1, 0.15) is 0 Å². The van der Waals surface area contributed by atoms with Gasteiger partial charge >= 0.3 is 6.09 Å². The topological polar surface area (TPSA) is 49.9 Å². The van der Waals surface area contributed by atoms with Crippen LogP contribution in [-0.4, -0.2) is 61.0 Å². The standard InChI is InChI=1S/C16H22N2O3/c1-3-21-16(20)18-9-7-17(8-10-18)12-15(19)14-6-4-5-13(2)11-14/h4-6,11H,3,7-10,12H2,1-2H3. The van der Waals surface area contributed by atoms with Crippen LogP contribution in [0, 0.1) is 6.92 Å². The Morgan fingerprint density at radius 2 is 1.90 bits per heavy atom. The lowest BCUT2D eigenvalue weighted by molar-refractivity contribution is 0.0733. The Hall–Kier alpha value is -1.88. The van der Waals surface area contributed by atoms with Crippen LogP contribution in [0.5, 0.6) is 0 Å². The molecule has 0 aromatic heterocycles. The van der Waals surface area contributed by atoms with Gasteiger partial charge < -0.3 is 9.64 Å². The Kier molecular flexibility index (Phi) is 5.33. The van der Waals surface area contributed by atoms with E-state index in [9.17, 15) is 9.59 Å². The quantitative estimate of drug-likeness (QED) is 0.795. The SMILES string of the molecule is CCOC(=O)N1CCN(CC(=O)c2cccc(C)c2)CC1. The molecule has 0 N–H and O–H groups in total. The minimum Gasteiger partial charge on any atom is -0.450 e. The lowest BCUT2D eigenvalue weighted by Crippen LogP contribution is -2.50. The molecular formula is C16H22N2O3. The highest BCUT2D eigenvalue weighted by atomic mass is 16.6. The number of Topliss-reactive ketones (excluding diaryl/α,β-unsaturated/α-hetero) is 1. The second kappa shape index (κ2) is 7.22. The molecule has 1 aromatic rings. The van der Waals surface area contributed by atoms with Crippen LogP contribution >= 0.6 is 0 Å². The fourth-order valence-corrected chi connectivity index (χ4v) is 2.42. The summed E-state index contributed by atoms with van der Waals surface area (Å²) in [5.41, 5.74) is 1.84. The highest BCUT2D eigenvalue weighted by molar-refractivity contribution is 5.97. The lowest BCUT2D eigenvalue weighted by atomic mass is 10.1. The van der Waals surface area contributed by atoms with E-state index in [0.29, 0.717) is 39.3 Å². The maximum absolute atomic E-state index is 12.2. The number of ketones is 1. The van der Waals surface area contributed by atoms with Crippen molar-refractivity contribution < 1.29 is 14.3 Å². The first-order valence-electron chi connectivity index (χ1n) is 7.34. The average Bonchev–Trinajstić information content (AvgIpc) is 2.48. The zero-order chi connectivity index (χ0) is 15.2. The third-order valence-corrected chi connectivity index (χ3v) is 3.61. The molecule has 0 unspecified atom stereocenters. The molecule has 1 amide bonds. The molecule has 0 bridgehead atoms. The molecule has 0 saturated carbocycles. The zero-order valence-corrected chi connectivity index (χ0v) is 12.7. The molecule has 0 radical (unpaired) electrons. The van der Waals surface area contributed by atoms with E-state index in [2.05, 4.69) is 4.90 Å². The number of nitrogens with zero attached hydrogens (tertiary/aromatic N) is 2. The largest absolute Gasteiger partial charge is 0.450 e. The predicted molar refractivity (Wildman–Crippen MR) is 80.5 cm³/mol. The van der Waals surface area contributed by atoms with Gasteiger partial charge in [-0.2, -0.15) is 0 Å². The molecule has 1 heterocycles. The summed E-state index contributed by atoms with van der Waals surface area (Å²) < 4.78 is 4.98. The number of ether oxygens (including phenoxy) is 1. The summed E-state index contributed by atoms with van der Waals surface area (Å²) in [5.74, 6) is 0.128. The van der Waals surface area contributed by atoms with Gasteiger partial charge in [0.05, 0.1) is 13.2 Å². The van der Waals surface area contributed by atoms with Crippen molar-refractivity contribution >= 4 is 11.9 Å². The van der Waals surface area contributed by atoms with Crippen LogP contribution in [0.15, 0.2) is 24.3 Å². The monoisotopic (exact) mass is 290 g/mol. The van der Waals surface area contributed by atoms with Crippen LogP contribution in [0.2, 0.25) is 0 Å². The van der Waals surface area contributed by atoms with Crippen LogP contribution < -0.4 is 0 Å². The van der Waals surface area contributed by atoms with Crippen molar-refractivity contribution in [3.05, 3.63) is 35.4 Å². The average molecular weight is 290 g/mol. The zero-order valence-electron chi connectivity index (χ0n) is 12.7. The Morgan fingerprint density at radius 1 is 1.19 bits per heavy atom. The molecule has 1 saturated heterocycles. The molecule has 5 heteroatoms. The number of carbonyl (C=O) groups is 2. The second-order valence-corrected chi connectivity index (χ2v) is 5.25. The Bertz CT molecular complexity index is 508. The van der Waals surface area contributed by atoms with Crippen molar-refractivity contribution in [2.45, 2.75) is 13.8 Å². The van der Waals surface area contributed by atoms with Crippen molar-refractivity contribution in [3.8, 4) is 0 Å². The van der Waals surface area contributed by atoms with Gasteiger partial charge in [0, 0.05) is 31.7 Å². The number of rotatable bonds is 4. The van der Waals surface area contributed by atoms with Gasteiger partial charge in [0.2, 0.25) is 0 Å². The number of amides is 1. The van der Waals surface area contributed by atoms with Gasteiger partial charge in [0.25, 0.3) is 0 Å². The van der Waals surface area contributed by atoms with Gasteiger partial charge in [-0.3, -0.25) is 9.69 Å². The van der Waals surface area contributed by atoms with Crippen LogP contribution in [0.3, 0.4) is 0 Å². The fraction of sp³-hybridized carbons (Fsp3) is 0.500. The van der Waals surface area contributed by atoms with Crippen LogP contribution in [0.25, 0.3) is 0 Å². The maximum atomic E-state index is 12.2. The first kappa shape index (κ1) is 15.5. The van der Waals surface area contributed by atoms with E-state index in [1.807, 2.05) is 31.2 Å². The first-order valence-corrected chi connectivity index (χ1v) is 7.34. The number of hydrogen-bond acceptors (Lipinski definition) is 4. The smallest absolute Gasteiger partial charge is 0.409 e. The minimum atomic E-state index is -0.262. The summed E-state index contributed by atoms with van der Waals surface area (Å²) in [4.78, 5) is 27.6.